The van der Waals surface area contributed by atoms with E-state index in [0.29, 0.717) is 41.4 Å². The predicted octanol–water partition coefficient (Wildman–Crippen LogP) is 5.49. The van der Waals surface area contributed by atoms with Gasteiger partial charge in [-0.05, 0) is 61.7 Å². The quantitative estimate of drug-likeness (QED) is 0.359. The number of aliphatic carboxylic acids is 1. The number of aryl methyl sites for hydroxylation is 2. The minimum atomic E-state index is -1.02. The lowest BCUT2D eigenvalue weighted by molar-refractivity contribution is -0.139. The van der Waals surface area contributed by atoms with Crippen molar-refractivity contribution < 1.29 is 28.9 Å². The van der Waals surface area contributed by atoms with Crippen molar-refractivity contribution in [3.8, 4) is 17.2 Å². The molecule has 0 aliphatic carbocycles. The van der Waals surface area contributed by atoms with Crippen LogP contribution in [0.2, 0.25) is 0 Å². The van der Waals surface area contributed by atoms with E-state index in [1.807, 2.05) is 68.4 Å². The molecule has 3 rings (SSSR count). The van der Waals surface area contributed by atoms with E-state index in [-0.39, 0.29) is 18.5 Å². The molecule has 0 bridgehead atoms. The highest BCUT2D eigenvalue weighted by Crippen LogP contribution is 2.26. The lowest BCUT2D eigenvalue weighted by atomic mass is 9.99. The van der Waals surface area contributed by atoms with Crippen molar-refractivity contribution in [3.05, 3.63) is 89.0 Å². The van der Waals surface area contributed by atoms with Crippen molar-refractivity contribution in [3.63, 3.8) is 0 Å². The van der Waals surface area contributed by atoms with Gasteiger partial charge in [-0.1, -0.05) is 43.3 Å². The van der Waals surface area contributed by atoms with Gasteiger partial charge in [-0.3, -0.25) is 4.79 Å². The molecule has 0 aliphatic heterocycles. The van der Waals surface area contributed by atoms with Crippen LogP contribution < -0.4 is 14.2 Å². The maximum absolute atomic E-state index is 13.1. The summed E-state index contributed by atoms with van der Waals surface area (Å²) in [5.74, 6) is 0.660. The summed E-state index contributed by atoms with van der Waals surface area (Å²) in [4.78, 5) is 23.8. The first-order valence-corrected chi connectivity index (χ1v) is 11.3. The fourth-order valence-electron chi connectivity index (χ4n) is 3.45. The van der Waals surface area contributed by atoms with Crippen molar-refractivity contribution in [2.24, 2.45) is 0 Å². The first-order valence-electron chi connectivity index (χ1n) is 11.3. The van der Waals surface area contributed by atoms with Gasteiger partial charge in [0.1, 0.15) is 17.2 Å². The summed E-state index contributed by atoms with van der Waals surface area (Å²) < 4.78 is 17.2. The molecule has 6 nitrogen and oxygen atoms in total. The number of carbonyl (C=O) groups excluding carboxylic acids is 1. The first kappa shape index (κ1) is 24.8. The first-order chi connectivity index (χ1) is 16.4. The molecule has 0 radical (unpaired) electrons. The van der Waals surface area contributed by atoms with Crippen LogP contribution in [0.5, 0.6) is 17.2 Å². The normalized spacial score (nSPS) is 11.5. The molecule has 0 spiro atoms. The summed E-state index contributed by atoms with van der Waals surface area (Å²) in [6.07, 6.45) is 1.28. The Kier molecular flexibility index (Phi) is 8.68. The smallest absolute Gasteiger partial charge is 0.341 e. The molecule has 178 valence electrons. The Hall–Kier alpha value is -3.80. The van der Waals surface area contributed by atoms with Crippen molar-refractivity contribution in [1.29, 1.82) is 0 Å². The number of hydrogen-bond donors (Lipinski definition) is 1. The minimum Gasteiger partial charge on any atom is -0.493 e. The fourth-order valence-corrected chi connectivity index (χ4v) is 3.45. The Morgan fingerprint density at radius 2 is 1.68 bits per heavy atom. The molecule has 0 saturated heterocycles. The molecule has 3 aromatic carbocycles. The zero-order valence-corrected chi connectivity index (χ0v) is 19.7. The van der Waals surface area contributed by atoms with Gasteiger partial charge < -0.3 is 19.3 Å². The van der Waals surface area contributed by atoms with Crippen LogP contribution in [0.15, 0.2) is 66.7 Å². The molecule has 0 aliphatic rings. The van der Waals surface area contributed by atoms with Crippen molar-refractivity contribution in [2.45, 2.75) is 39.7 Å². The van der Waals surface area contributed by atoms with E-state index in [1.165, 1.54) is 0 Å². The average molecular weight is 463 g/mol. The van der Waals surface area contributed by atoms with Crippen molar-refractivity contribution in [2.75, 3.05) is 13.2 Å². The molecule has 34 heavy (non-hydrogen) atoms. The molecular weight excluding hydrogens is 432 g/mol. The molecule has 0 heterocycles. The molecule has 0 aromatic heterocycles. The van der Waals surface area contributed by atoms with Gasteiger partial charge in [0.05, 0.1) is 18.3 Å². The molecule has 0 fully saturated rings. The summed E-state index contributed by atoms with van der Waals surface area (Å²) in [5.41, 5.74) is 3.06. The lowest BCUT2D eigenvalue weighted by Crippen LogP contribution is -2.18. The standard InChI is InChI=1S/C28H30O6/c1-4-21-10-12-26(24(17-21)28(31)22-8-6-5-7-9-22)34-20(3)14-15-32-23-11-13-25(19(2)16-23)33-18-27(29)30/h5-13,16-17,20H,4,14-15,18H2,1-3H3,(H,29,30). The summed E-state index contributed by atoms with van der Waals surface area (Å²) in [5, 5.41) is 8.75. The third-order valence-corrected chi connectivity index (χ3v) is 5.35. The van der Waals surface area contributed by atoms with E-state index >= 15 is 0 Å². The number of ketones is 1. The minimum absolute atomic E-state index is 0.0602. The Morgan fingerprint density at radius 1 is 0.941 bits per heavy atom. The van der Waals surface area contributed by atoms with Gasteiger partial charge in [0, 0.05) is 12.0 Å². The van der Waals surface area contributed by atoms with E-state index < -0.39 is 5.97 Å². The van der Waals surface area contributed by atoms with Gasteiger partial charge >= 0.3 is 5.97 Å². The highest BCUT2D eigenvalue weighted by atomic mass is 16.5. The van der Waals surface area contributed by atoms with E-state index in [2.05, 4.69) is 6.92 Å². The number of ether oxygens (including phenoxy) is 3. The van der Waals surface area contributed by atoms with E-state index in [0.717, 1.165) is 17.5 Å². The van der Waals surface area contributed by atoms with Crippen LogP contribution in [0.4, 0.5) is 0 Å². The zero-order chi connectivity index (χ0) is 24.5. The van der Waals surface area contributed by atoms with Gasteiger partial charge in [-0.2, -0.15) is 0 Å². The molecule has 1 N–H and O–H groups in total. The fraction of sp³-hybridized carbons (Fsp3) is 0.286. The van der Waals surface area contributed by atoms with Crippen molar-refractivity contribution >= 4 is 11.8 Å². The predicted molar refractivity (Wildman–Crippen MR) is 130 cm³/mol. The Balaban J connectivity index is 1.61. The second-order valence-corrected chi connectivity index (χ2v) is 8.05. The molecule has 1 atom stereocenters. The Morgan fingerprint density at radius 3 is 2.35 bits per heavy atom. The van der Waals surface area contributed by atoms with Crippen LogP contribution in [0.1, 0.15) is 47.3 Å². The molecule has 6 heteroatoms. The molecule has 0 amide bonds. The number of carboxylic acid groups (broad SMARTS) is 1. The maximum Gasteiger partial charge on any atom is 0.341 e. The van der Waals surface area contributed by atoms with E-state index in [4.69, 9.17) is 19.3 Å². The Bertz CT molecular complexity index is 1120. The second kappa shape index (κ2) is 11.9. The van der Waals surface area contributed by atoms with Crippen LogP contribution in [0, 0.1) is 6.92 Å². The largest absolute Gasteiger partial charge is 0.493 e. The summed E-state index contributed by atoms with van der Waals surface area (Å²) >= 11 is 0. The average Bonchev–Trinajstić information content (AvgIpc) is 2.83. The third-order valence-electron chi connectivity index (χ3n) is 5.35. The SMILES string of the molecule is CCc1ccc(OC(C)CCOc2ccc(OCC(=O)O)c(C)c2)c(C(=O)c2ccccc2)c1. The Labute approximate surface area is 200 Å². The third kappa shape index (κ3) is 6.85. The second-order valence-electron chi connectivity index (χ2n) is 8.05. The van der Waals surface area contributed by atoms with Crippen molar-refractivity contribution in [1.82, 2.24) is 0 Å². The van der Waals surface area contributed by atoms with Crippen LogP contribution in [0.25, 0.3) is 0 Å². The number of rotatable bonds is 12. The van der Waals surface area contributed by atoms with Gasteiger partial charge in [-0.25, -0.2) is 4.79 Å². The molecule has 0 saturated carbocycles. The molecule has 3 aromatic rings. The van der Waals surface area contributed by atoms with Crippen LogP contribution >= 0.6 is 0 Å². The van der Waals surface area contributed by atoms with Gasteiger partial charge in [0.25, 0.3) is 0 Å². The highest BCUT2D eigenvalue weighted by Gasteiger charge is 2.17. The van der Waals surface area contributed by atoms with Gasteiger partial charge in [-0.15, -0.1) is 0 Å². The van der Waals surface area contributed by atoms with E-state index in [1.54, 1.807) is 12.1 Å². The zero-order valence-electron chi connectivity index (χ0n) is 19.7. The van der Waals surface area contributed by atoms with Gasteiger partial charge in [0.2, 0.25) is 0 Å². The summed E-state index contributed by atoms with van der Waals surface area (Å²) in [6, 6.07) is 20.2. The topological polar surface area (TPSA) is 82.1 Å². The number of benzene rings is 3. The summed E-state index contributed by atoms with van der Waals surface area (Å²) in [6.45, 7) is 5.87. The maximum atomic E-state index is 13.1. The van der Waals surface area contributed by atoms with Gasteiger partial charge in [0.15, 0.2) is 12.4 Å². The monoisotopic (exact) mass is 462 g/mol. The van der Waals surface area contributed by atoms with Crippen LogP contribution in [-0.2, 0) is 11.2 Å². The number of carbonyl (C=O) groups is 2. The molecule has 1 unspecified atom stereocenters. The summed E-state index contributed by atoms with van der Waals surface area (Å²) in [7, 11) is 0. The highest BCUT2D eigenvalue weighted by molar-refractivity contribution is 6.10. The van der Waals surface area contributed by atoms with Crippen LogP contribution in [-0.4, -0.2) is 36.2 Å². The van der Waals surface area contributed by atoms with E-state index in [9.17, 15) is 9.59 Å². The molecular formula is C28H30O6. The number of hydrogen-bond acceptors (Lipinski definition) is 5. The van der Waals surface area contributed by atoms with Crippen LogP contribution in [0.3, 0.4) is 0 Å². The number of carboxylic acids is 1. The lowest BCUT2D eigenvalue weighted by Gasteiger charge is -2.18.